The van der Waals surface area contributed by atoms with E-state index in [-0.39, 0.29) is 53.0 Å². The molecule has 0 aromatic carbocycles. The van der Waals surface area contributed by atoms with Crippen LogP contribution < -0.4 is 5.32 Å². The van der Waals surface area contributed by atoms with E-state index in [4.69, 9.17) is 23.7 Å². The molecule has 264 valence electrons. The maximum atomic E-state index is 12.6. The molecule has 9 heteroatoms. The summed E-state index contributed by atoms with van der Waals surface area (Å²) in [6.45, 7) is 20.5. The molecule has 0 unspecified atom stereocenters. The van der Waals surface area contributed by atoms with Crippen molar-refractivity contribution in [3.63, 3.8) is 0 Å². The first-order valence-corrected chi connectivity index (χ1v) is 19.1. The highest BCUT2D eigenvalue weighted by atomic mass is 16.7. The van der Waals surface area contributed by atoms with Gasteiger partial charge in [-0.3, -0.25) is 4.90 Å². The molecule has 2 N–H and O–H groups in total. The molecule has 0 aromatic rings. The summed E-state index contributed by atoms with van der Waals surface area (Å²) in [6, 6.07) is 0.308. The maximum Gasteiger partial charge on any atom is 0.408 e. The maximum absolute atomic E-state index is 12.6. The minimum absolute atomic E-state index is 0.0183. The fourth-order valence-electron chi connectivity index (χ4n) is 14.6. The molecular weight excluding hydrogens is 596 g/mol. The Labute approximate surface area is 281 Å². The monoisotopic (exact) mass is 656 g/mol. The zero-order chi connectivity index (χ0) is 32.9. The molecule has 4 aliphatic heterocycles. The molecular formula is C38H60N2O7. The second-order valence-corrected chi connectivity index (χ2v) is 19.3. The van der Waals surface area contributed by atoms with Gasteiger partial charge >= 0.3 is 6.09 Å². The highest BCUT2D eigenvalue weighted by Gasteiger charge is 2.84. The van der Waals surface area contributed by atoms with Crippen LogP contribution in [0.4, 0.5) is 4.79 Å². The number of nitrogens with one attached hydrogen (secondary N) is 1. The molecule has 1 amide bonds. The molecule has 0 aromatic heterocycles. The molecule has 4 heterocycles. The summed E-state index contributed by atoms with van der Waals surface area (Å²) in [5.74, 6) is 1.84. The quantitative estimate of drug-likeness (QED) is 0.430. The minimum Gasteiger partial charge on any atom is -0.441 e. The molecule has 9 aliphatic rings. The largest absolute Gasteiger partial charge is 0.441 e. The van der Waals surface area contributed by atoms with Crippen LogP contribution in [-0.4, -0.2) is 97.4 Å². The smallest absolute Gasteiger partial charge is 0.408 e. The average Bonchev–Trinajstić information content (AvgIpc) is 3.50. The van der Waals surface area contributed by atoms with Crippen LogP contribution in [0.1, 0.15) is 99.8 Å². The second kappa shape index (κ2) is 10.1. The zero-order valence-corrected chi connectivity index (χ0v) is 29.9. The van der Waals surface area contributed by atoms with E-state index >= 15 is 0 Å². The molecule has 4 saturated heterocycles. The van der Waals surface area contributed by atoms with Crippen LogP contribution in [-0.2, 0) is 23.7 Å². The summed E-state index contributed by atoms with van der Waals surface area (Å²) in [5, 5.41) is 15.6. The summed E-state index contributed by atoms with van der Waals surface area (Å²) in [6.07, 6.45) is 8.15. The van der Waals surface area contributed by atoms with Crippen molar-refractivity contribution in [3.8, 4) is 0 Å². The number of aliphatic hydroxyl groups excluding tert-OH is 1. The minimum atomic E-state index is -0.634. The molecule has 14 atom stereocenters. The van der Waals surface area contributed by atoms with E-state index in [0.717, 1.165) is 52.2 Å². The Kier molecular flexibility index (Phi) is 6.86. The van der Waals surface area contributed by atoms with Crippen LogP contribution >= 0.6 is 0 Å². The number of cyclic esters (lactones) is 1. The first-order valence-electron chi connectivity index (χ1n) is 19.1. The van der Waals surface area contributed by atoms with Gasteiger partial charge in [0.1, 0.15) is 5.60 Å². The van der Waals surface area contributed by atoms with E-state index < -0.39 is 11.7 Å². The Hall–Kier alpha value is -0.970. The normalized spacial score (nSPS) is 56.1. The number of alkyl carbamates (subject to hydrolysis) is 1. The van der Waals surface area contributed by atoms with Gasteiger partial charge in [0.2, 0.25) is 0 Å². The number of fused-ring (bicyclic) bond motifs is 4. The number of carbonyl (C=O) groups is 1. The van der Waals surface area contributed by atoms with Crippen molar-refractivity contribution in [3.05, 3.63) is 0 Å². The van der Waals surface area contributed by atoms with Crippen LogP contribution in [0, 0.1) is 50.7 Å². The number of ether oxygens (including phenoxy) is 5. The average molecular weight is 657 g/mol. The molecule has 47 heavy (non-hydrogen) atoms. The summed E-state index contributed by atoms with van der Waals surface area (Å²) in [5.41, 5.74) is -0.0842. The van der Waals surface area contributed by atoms with Crippen LogP contribution in [0.2, 0.25) is 0 Å². The standard InChI is InChI=1S/C38H60N2O7/c1-21-16-23(30-34(4,5)47-32(42)39-30)45-29-28(21)35(6)12-13-38-20-37(38)11-10-26(46-27-17-40(14-15-44-27)22-18-43-19-22)33(2,3)24(37)8-9-25(38)36(35,7)31(29)41/h21-31,41H,8-20H2,1-7H3,(H,39,42)/t21-,23-,24+,25+,26+,27+,28+,29+,30+,31+,35-,36-,37-,38+/m1/s1. The first kappa shape index (κ1) is 32.0. The van der Waals surface area contributed by atoms with Crippen molar-refractivity contribution >= 4 is 6.09 Å². The number of rotatable bonds is 4. The third kappa shape index (κ3) is 4.02. The molecule has 9 nitrogen and oxygen atoms in total. The van der Waals surface area contributed by atoms with Crippen molar-refractivity contribution in [2.45, 2.75) is 148 Å². The van der Waals surface area contributed by atoms with E-state index in [1.54, 1.807) is 0 Å². The third-order valence-corrected chi connectivity index (χ3v) is 17.0. The van der Waals surface area contributed by atoms with Crippen LogP contribution in [0.15, 0.2) is 0 Å². The van der Waals surface area contributed by atoms with Gasteiger partial charge in [0.25, 0.3) is 0 Å². The summed E-state index contributed by atoms with van der Waals surface area (Å²) in [4.78, 5) is 14.8. The van der Waals surface area contributed by atoms with Gasteiger partial charge in [-0.1, -0.05) is 34.6 Å². The molecule has 2 spiro atoms. The van der Waals surface area contributed by atoms with E-state index in [9.17, 15) is 9.90 Å². The predicted molar refractivity (Wildman–Crippen MR) is 174 cm³/mol. The SMILES string of the molecule is C[C@@H]1C[C@H]([C@@H]2NC(=O)OC2(C)C)O[C@H]2[C@H]1[C@@]1(C)CC[C@@]34C[C@@]35CC[C@H](O[C@H]3CN(C6COC6)CCO3)C(C)(C)[C@@H]5CC[C@H]4[C@]1(C)[C@H]2O. The van der Waals surface area contributed by atoms with Gasteiger partial charge in [0.15, 0.2) is 6.29 Å². The van der Waals surface area contributed by atoms with Crippen LogP contribution in [0.5, 0.6) is 0 Å². The van der Waals surface area contributed by atoms with Crippen molar-refractivity contribution in [2.24, 2.45) is 50.7 Å². The number of aliphatic hydroxyl groups is 1. The van der Waals surface area contributed by atoms with E-state index in [2.05, 4.69) is 44.8 Å². The van der Waals surface area contributed by atoms with Crippen molar-refractivity contribution in [1.82, 2.24) is 10.2 Å². The van der Waals surface area contributed by atoms with Crippen LogP contribution in [0.25, 0.3) is 0 Å². The second-order valence-electron chi connectivity index (χ2n) is 19.3. The number of morpholine rings is 1. The van der Waals surface area contributed by atoms with Gasteiger partial charge in [0.05, 0.1) is 62.9 Å². The van der Waals surface area contributed by atoms with Gasteiger partial charge in [-0.2, -0.15) is 0 Å². The Bertz CT molecular complexity index is 1300. The molecule has 9 rings (SSSR count). The van der Waals surface area contributed by atoms with Gasteiger partial charge in [-0.25, -0.2) is 4.79 Å². The highest BCUT2D eigenvalue weighted by Crippen LogP contribution is 2.89. The van der Waals surface area contributed by atoms with Gasteiger partial charge in [0, 0.05) is 12.0 Å². The Morgan fingerprint density at radius 1 is 0.979 bits per heavy atom. The lowest BCUT2D eigenvalue weighted by Gasteiger charge is -2.64. The number of nitrogens with zero attached hydrogens (tertiary/aromatic N) is 1. The van der Waals surface area contributed by atoms with Gasteiger partial charge < -0.3 is 34.1 Å². The van der Waals surface area contributed by atoms with Gasteiger partial charge in [-0.15, -0.1) is 0 Å². The van der Waals surface area contributed by atoms with Crippen molar-refractivity contribution < 1.29 is 33.6 Å². The lowest BCUT2D eigenvalue weighted by molar-refractivity contribution is -0.256. The topological polar surface area (TPSA) is 98.7 Å². The summed E-state index contributed by atoms with van der Waals surface area (Å²) >= 11 is 0. The fraction of sp³-hybridized carbons (Fsp3) is 0.974. The summed E-state index contributed by atoms with van der Waals surface area (Å²) in [7, 11) is 0. The van der Waals surface area contributed by atoms with Crippen molar-refractivity contribution in [2.75, 3.05) is 32.9 Å². The molecule has 9 fully saturated rings. The Morgan fingerprint density at radius 2 is 1.72 bits per heavy atom. The number of hydrogen-bond donors (Lipinski definition) is 2. The lowest BCUT2D eigenvalue weighted by Crippen LogP contribution is -2.60. The Morgan fingerprint density at radius 3 is 2.43 bits per heavy atom. The van der Waals surface area contributed by atoms with E-state index in [1.165, 1.54) is 32.1 Å². The molecule has 5 saturated carbocycles. The zero-order valence-electron chi connectivity index (χ0n) is 29.9. The lowest BCUT2D eigenvalue weighted by atomic mass is 9.41. The van der Waals surface area contributed by atoms with E-state index in [0.29, 0.717) is 40.5 Å². The fourth-order valence-corrected chi connectivity index (χ4v) is 14.6. The molecule has 5 aliphatic carbocycles. The first-order chi connectivity index (χ1) is 22.2. The predicted octanol–water partition coefficient (Wildman–Crippen LogP) is 5.13. The number of carbonyl (C=O) groups excluding carboxylic acids is 1. The summed E-state index contributed by atoms with van der Waals surface area (Å²) < 4.78 is 31.2. The Balaban J connectivity index is 0.956. The number of amides is 1. The third-order valence-electron chi connectivity index (χ3n) is 17.0. The van der Waals surface area contributed by atoms with Crippen molar-refractivity contribution in [1.29, 1.82) is 0 Å². The van der Waals surface area contributed by atoms with Crippen LogP contribution in [0.3, 0.4) is 0 Å². The highest BCUT2D eigenvalue weighted by molar-refractivity contribution is 5.71. The number of hydrogen-bond acceptors (Lipinski definition) is 8. The molecule has 0 bridgehead atoms. The molecule has 0 radical (unpaired) electrons. The van der Waals surface area contributed by atoms with E-state index in [1.807, 2.05) is 13.8 Å². The van der Waals surface area contributed by atoms with Gasteiger partial charge in [-0.05, 0) is 111 Å².